The van der Waals surface area contributed by atoms with Gasteiger partial charge >= 0.3 is 0 Å². The zero-order valence-corrected chi connectivity index (χ0v) is 14.1. The van der Waals surface area contributed by atoms with Crippen molar-refractivity contribution in [3.8, 4) is 0 Å². The maximum atomic E-state index is 12.5. The normalized spacial score (nSPS) is 18.3. The number of anilines is 1. The van der Waals surface area contributed by atoms with Crippen LogP contribution < -0.4 is 5.32 Å². The van der Waals surface area contributed by atoms with Crippen LogP contribution in [0.3, 0.4) is 0 Å². The Morgan fingerprint density at radius 2 is 2.09 bits per heavy atom. The number of rotatable bonds is 4. The number of hydrogen-bond acceptors (Lipinski definition) is 5. The Bertz CT molecular complexity index is 699. The highest BCUT2D eigenvalue weighted by Crippen LogP contribution is 2.25. The van der Waals surface area contributed by atoms with Gasteiger partial charge in [-0.25, -0.2) is 0 Å². The second-order valence-corrected chi connectivity index (χ2v) is 6.36. The molecule has 1 aliphatic rings. The molecule has 0 aliphatic carbocycles. The Labute approximate surface area is 143 Å². The number of nitrogens with zero attached hydrogens (tertiary/aromatic N) is 3. The molecule has 2 heterocycles. The van der Waals surface area contributed by atoms with E-state index in [0.717, 1.165) is 19.4 Å². The molecule has 1 fully saturated rings. The lowest BCUT2D eigenvalue weighted by atomic mass is 10.2. The van der Waals surface area contributed by atoms with Crippen molar-refractivity contribution < 1.29 is 9.21 Å². The highest BCUT2D eigenvalue weighted by molar-refractivity contribution is 6.35. The van der Waals surface area contributed by atoms with Gasteiger partial charge < -0.3 is 9.73 Å². The van der Waals surface area contributed by atoms with E-state index in [0.29, 0.717) is 34.1 Å². The quantitative estimate of drug-likeness (QED) is 0.911. The SMILES string of the molecule is Cc1nnc(CN2CCC[C@@H]2C(=O)Nc2cc(Cl)cc(Cl)c2)o1. The Kier molecular flexibility index (Phi) is 4.84. The zero-order chi connectivity index (χ0) is 16.4. The molecule has 1 aromatic heterocycles. The molecule has 0 bridgehead atoms. The Morgan fingerprint density at radius 3 is 2.74 bits per heavy atom. The second kappa shape index (κ2) is 6.86. The van der Waals surface area contributed by atoms with Crippen LogP contribution in [-0.2, 0) is 11.3 Å². The fourth-order valence-corrected chi connectivity index (χ4v) is 3.27. The molecule has 1 atom stereocenters. The number of carbonyl (C=O) groups excluding carboxylic acids is 1. The van der Waals surface area contributed by atoms with Crippen molar-refractivity contribution in [1.29, 1.82) is 0 Å². The van der Waals surface area contributed by atoms with Crippen LogP contribution in [0.5, 0.6) is 0 Å². The van der Waals surface area contributed by atoms with Crippen molar-refractivity contribution in [1.82, 2.24) is 15.1 Å². The molecule has 3 rings (SSSR count). The van der Waals surface area contributed by atoms with Crippen LogP contribution in [0, 0.1) is 6.92 Å². The average molecular weight is 355 g/mol. The van der Waals surface area contributed by atoms with Gasteiger partial charge in [-0.1, -0.05) is 23.2 Å². The number of aryl methyl sites for hydroxylation is 1. The summed E-state index contributed by atoms with van der Waals surface area (Å²) in [6.07, 6.45) is 1.73. The van der Waals surface area contributed by atoms with E-state index in [-0.39, 0.29) is 11.9 Å². The summed E-state index contributed by atoms with van der Waals surface area (Å²) in [6, 6.07) is 4.73. The highest BCUT2D eigenvalue weighted by Gasteiger charge is 2.31. The van der Waals surface area contributed by atoms with Crippen LogP contribution in [-0.4, -0.2) is 33.6 Å². The van der Waals surface area contributed by atoms with Crippen molar-refractivity contribution in [3.05, 3.63) is 40.0 Å². The van der Waals surface area contributed by atoms with E-state index in [2.05, 4.69) is 15.5 Å². The summed E-state index contributed by atoms with van der Waals surface area (Å²) in [5.41, 5.74) is 0.591. The van der Waals surface area contributed by atoms with Gasteiger partial charge in [0, 0.05) is 22.7 Å². The second-order valence-electron chi connectivity index (χ2n) is 5.49. The first-order chi connectivity index (χ1) is 11.0. The van der Waals surface area contributed by atoms with Gasteiger partial charge in [0.25, 0.3) is 0 Å². The summed E-state index contributed by atoms with van der Waals surface area (Å²) in [7, 11) is 0. The first kappa shape index (κ1) is 16.2. The van der Waals surface area contributed by atoms with E-state index in [1.165, 1.54) is 0 Å². The van der Waals surface area contributed by atoms with E-state index in [1.54, 1.807) is 25.1 Å². The standard InChI is InChI=1S/C15H16Cl2N4O2/c1-9-19-20-14(23-9)8-21-4-2-3-13(21)15(22)18-12-6-10(16)5-11(17)7-12/h5-7,13H,2-4,8H2,1H3,(H,18,22)/t13-/m1/s1. The average Bonchev–Trinajstić information content (AvgIpc) is 3.07. The first-order valence-corrected chi connectivity index (χ1v) is 8.07. The molecular formula is C15H16Cl2N4O2. The summed E-state index contributed by atoms with van der Waals surface area (Å²) in [4.78, 5) is 14.6. The zero-order valence-electron chi connectivity index (χ0n) is 12.6. The van der Waals surface area contributed by atoms with Gasteiger partial charge in [-0.15, -0.1) is 10.2 Å². The molecule has 0 unspecified atom stereocenters. The van der Waals surface area contributed by atoms with Crippen molar-refractivity contribution in [3.63, 3.8) is 0 Å². The van der Waals surface area contributed by atoms with E-state index in [9.17, 15) is 4.79 Å². The molecule has 1 amide bonds. The van der Waals surface area contributed by atoms with Crippen LogP contribution in [0.1, 0.15) is 24.6 Å². The van der Waals surface area contributed by atoms with Gasteiger partial charge in [0.1, 0.15) is 0 Å². The lowest BCUT2D eigenvalue weighted by molar-refractivity contribution is -0.120. The van der Waals surface area contributed by atoms with Crippen molar-refractivity contribution >= 4 is 34.8 Å². The predicted octanol–water partition coefficient (Wildman–Crippen LogP) is 3.29. The first-order valence-electron chi connectivity index (χ1n) is 7.31. The number of benzene rings is 1. The Balaban J connectivity index is 1.67. The molecule has 0 spiro atoms. The monoisotopic (exact) mass is 354 g/mol. The molecule has 6 nitrogen and oxygen atoms in total. The molecule has 1 saturated heterocycles. The smallest absolute Gasteiger partial charge is 0.241 e. The Hall–Kier alpha value is -1.63. The molecular weight excluding hydrogens is 339 g/mol. The molecule has 0 radical (unpaired) electrons. The lowest BCUT2D eigenvalue weighted by Gasteiger charge is -2.22. The molecule has 8 heteroatoms. The van der Waals surface area contributed by atoms with Gasteiger partial charge in [-0.05, 0) is 37.6 Å². The minimum absolute atomic E-state index is 0.0860. The molecule has 23 heavy (non-hydrogen) atoms. The van der Waals surface area contributed by atoms with Gasteiger partial charge in [0.15, 0.2) is 0 Å². The number of halogens is 2. The number of hydrogen-bond donors (Lipinski definition) is 1. The third kappa shape index (κ3) is 4.02. The molecule has 122 valence electrons. The summed E-state index contributed by atoms with van der Waals surface area (Å²) in [5.74, 6) is 0.957. The van der Waals surface area contributed by atoms with Crippen LogP contribution in [0.4, 0.5) is 5.69 Å². The van der Waals surface area contributed by atoms with Crippen LogP contribution in [0.2, 0.25) is 10.0 Å². The molecule has 2 aromatic rings. The minimum Gasteiger partial charge on any atom is -0.424 e. The highest BCUT2D eigenvalue weighted by atomic mass is 35.5. The number of aromatic nitrogens is 2. The predicted molar refractivity (Wildman–Crippen MR) is 87.6 cm³/mol. The number of amides is 1. The summed E-state index contributed by atoms with van der Waals surface area (Å²) >= 11 is 11.9. The fourth-order valence-electron chi connectivity index (χ4n) is 2.74. The maximum Gasteiger partial charge on any atom is 0.241 e. The van der Waals surface area contributed by atoms with Gasteiger partial charge in [0.2, 0.25) is 17.7 Å². The van der Waals surface area contributed by atoms with Crippen LogP contribution >= 0.6 is 23.2 Å². The van der Waals surface area contributed by atoms with E-state index >= 15 is 0 Å². The summed E-state index contributed by atoms with van der Waals surface area (Å²) < 4.78 is 5.39. The molecule has 0 saturated carbocycles. The number of carbonyl (C=O) groups is 1. The van der Waals surface area contributed by atoms with E-state index < -0.39 is 0 Å². The fraction of sp³-hybridized carbons (Fsp3) is 0.400. The van der Waals surface area contributed by atoms with Crippen LogP contribution in [0.15, 0.2) is 22.6 Å². The van der Waals surface area contributed by atoms with Crippen molar-refractivity contribution in [2.24, 2.45) is 0 Å². The third-order valence-electron chi connectivity index (χ3n) is 3.70. The maximum absolute atomic E-state index is 12.5. The molecule has 1 N–H and O–H groups in total. The minimum atomic E-state index is -0.236. The summed E-state index contributed by atoms with van der Waals surface area (Å²) in [6.45, 7) is 3.03. The molecule has 1 aliphatic heterocycles. The Morgan fingerprint density at radius 1 is 1.35 bits per heavy atom. The largest absolute Gasteiger partial charge is 0.424 e. The van der Waals surface area contributed by atoms with E-state index in [1.807, 2.05) is 4.90 Å². The topological polar surface area (TPSA) is 71.3 Å². The number of nitrogens with one attached hydrogen (secondary N) is 1. The summed E-state index contributed by atoms with van der Waals surface area (Å²) in [5, 5.41) is 11.6. The van der Waals surface area contributed by atoms with E-state index in [4.69, 9.17) is 27.6 Å². The van der Waals surface area contributed by atoms with Gasteiger partial charge in [-0.2, -0.15) is 0 Å². The van der Waals surface area contributed by atoms with Crippen molar-refractivity contribution in [2.75, 3.05) is 11.9 Å². The molecule has 1 aromatic carbocycles. The lowest BCUT2D eigenvalue weighted by Crippen LogP contribution is -2.39. The van der Waals surface area contributed by atoms with Crippen LogP contribution in [0.25, 0.3) is 0 Å². The number of likely N-dealkylation sites (tertiary alicyclic amines) is 1. The van der Waals surface area contributed by atoms with Crippen molar-refractivity contribution in [2.45, 2.75) is 32.4 Å². The third-order valence-corrected chi connectivity index (χ3v) is 4.14. The van der Waals surface area contributed by atoms with Gasteiger partial charge in [0.05, 0.1) is 12.6 Å². The van der Waals surface area contributed by atoms with Gasteiger partial charge in [-0.3, -0.25) is 9.69 Å².